The number of allylic oxidation sites excluding steroid dienone is 3. The molecule has 1 atom stereocenters. The molecule has 2 aromatic heterocycles. The smallest absolute Gasteiger partial charge is 0.145 e. The number of aromatic nitrogens is 3. The van der Waals surface area contributed by atoms with Crippen LogP contribution in [0.3, 0.4) is 0 Å². The lowest BCUT2D eigenvalue weighted by Gasteiger charge is -2.14. The van der Waals surface area contributed by atoms with Crippen LogP contribution in [-0.4, -0.2) is 14.5 Å². The van der Waals surface area contributed by atoms with Gasteiger partial charge >= 0.3 is 0 Å². The van der Waals surface area contributed by atoms with Gasteiger partial charge in [-0.3, -0.25) is 0 Å². The van der Waals surface area contributed by atoms with E-state index in [4.69, 9.17) is 11.6 Å². The Hall–Kier alpha value is -1.61. The molecule has 0 saturated heterocycles. The third kappa shape index (κ3) is 2.31. The van der Waals surface area contributed by atoms with Crippen LogP contribution in [0.15, 0.2) is 42.9 Å². The molecule has 0 amide bonds. The first-order valence-corrected chi connectivity index (χ1v) is 6.33. The van der Waals surface area contributed by atoms with Gasteiger partial charge in [0.15, 0.2) is 0 Å². The average Bonchev–Trinajstić information content (AvgIpc) is 2.81. The Bertz CT molecular complexity index is 598. The fourth-order valence-electron chi connectivity index (χ4n) is 1.97. The molecular weight excluding hydrogens is 246 g/mol. The standard InChI is InChI=1S/C14H16ClN3/c1-4-10(3)8-11(5-2)18-7-6-12-13(15)16-9-17-14(12)18/h4,6-9,11H,1,5H2,2-3H3/b10-8+. The number of rotatable bonds is 4. The predicted octanol–water partition coefficient (Wildman–Crippen LogP) is 4.17. The number of halogens is 1. The Balaban J connectivity index is 2.53. The molecule has 0 saturated carbocycles. The quantitative estimate of drug-likeness (QED) is 0.611. The van der Waals surface area contributed by atoms with Crippen LogP contribution in [0.4, 0.5) is 0 Å². The van der Waals surface area contributed by atoms with E-state index in [1.165, 1.54) is 6.33 Å². The van der Waals surface area contributed by atoms with Gasteiger partial charge in [0.1, 0.15) is 17.1 Å². The van der Waals surface area contributed by atoms with Gasteiger partial charge in [-0.25, -0.2) is 9.97 Å². The summed E-state index contributed by atoms with van der Waals surface area (Å²) >= 11 is 6.06. The Morgan fingerprint density at radius 1 is 1.56 bits per heavy atom. The maximum Gasteiger partial charge on any atom is 0.145 e. The van der Waals surface area contributed by atoms with E-state index < -0.39 is 0 Å². The van der Waals surface area contributed by atoms with Gasteiger partial charge in [0, 0.05) is 6.20 Å². The second kappa shape index (κ2) is 5.36. The number of fused-ring (bicyclic) bond motifs is 1. The summed E-state index contributed by atoms with van der Waals surface area (Å²) in [6, 6.07) is 2.21. The second-order valence-electron chi connectivity index (χ2n) is 4.22. The minimum Gasteiger partial charge on any atom is -0.325 e. The number of hydrogen-bond donors (Lipinski definition) is 0. The van der Waals surface area contributed by atoms with Gasteiger partial charge in [-0.15, -0.1) is 0 Å². The molecule has 0 aliphatic rings. The molecule has 0 aliphatic heterocycles. The predicted molar refractivity (Wildman–Crippen MR) is 75.8 cm³/mol. The summed E-state index contributed by atoms with van der Waals surface area (Å²) in [6.45, 7) is 7.97. The third-order valence-electron chi connectivity index (χ3n) is 3.01. The van der Waals surface area contributed by atoms with E-state index >= 15 is 0 Å². The van der Waals surface area contributed by atoms with Crippen LogP contribution in [0.5, 0.6) is 0 Å². The molecule has 18 heavy (non-hydrogen) atoms. The van der Waals surface area contributed by atoms with Gasteiger partial charge in [0.25, 0.3) is 0 Å². The van der Waals surface area contributed by atoms with E-state index in [2.05, 4.69) is 34.1 Å². The first kappa shape index (κ1) is 12.8. The fraction of sp³-hybridized carbons (Fsp3) is 0.286. The molecule has 2 rings (SSSR count). The number of hydrogen-bond acceptors (Lipinski definition) is 2. The van der Waals surface area contributed by atoms with E-state index in [9.17, 15) is 0 Å². The molecule has 3 nitrogen and oxygen atoms in total. The van der Waals surface area contributed by atoms with E-state index in [0.717, 1.165) is 23.0 Å². The van der Waals surface area contributed by atoms with Crippen molar-refractivity contribution in [2.45, 2.75) is 26.3 Å². The Morgan fingerprint density at radius 3 is 3.00 bits per heavy atom. The lowest BCUT2D eigenvalue weighted by atomic mass is 10.1. The summed E-state index contributed by atoms with van der Waals surface area (Å²) in [6.07, 6.45) is 8.53. The van der Waals surface area contributed by atoms with Crippen molar-refractivity contribution in [2.24, 2.45) is 0 Å². The average molecular weight is 262 g/mol. The monoisotopic (exact) mass is 261 g/mol. The van der Waals surface area contributed by atoms with Crippen molar-refractivity contribution < 1.29 is 0 Å². The third-order valence-corrected chi connectivity index (χ3v) is 3.31. The summed E-state index contributed by atoms with van der Waals surface area (Å²) in [4.78, 5) is 8.31. The van der Waals surface area contributed by atoms with Crippen molar-refractivity contribution in [3.05, 3.63) is 48.0 Å². The first-order valence-electron chi connectivity index (χ1n) is 5.95. The maximum atomic E-state index is 6.06. The molecule has 0 spiro atoms. The summed E-state index contributed by atoms with van der Waals surface area (Å²) in [7, 11) is 0. The highest BCUT2D eigenvalue weighted by molar-refractivity contribution is 6.33. The molecule has 0 radical (unpaired) electrons. The zero-order valence-electron chi connectivity index (χ0n) is 10.6. The first-order chi connectivity index (χ1) is 8.67. The highest BCUT2D eigenvalue weighted by Crippen LogP contribution is 2.25. The van der Waals surface area contributed by atoms with E-state index in [-0.39, 0.29) is 6.04 Å². The molecule has 94 valence electrons. The molecule has 0 fully saturated rings. The van der Waals surface area contributed by atoms with Crippen LogP contribution in [0, 0.1) is 0 Å². The van der Waals surface area contributed by atoms with E-state index in [1.54, 1.807) is 0 Å². The lowest BCUT2D eigenvalue weighted by Crippen LogP contribution is -2.05. The molecule has 0 aromatic carbocycles. The molecule has 0 bridgehead atoms. The van der Waals surface area contributed by atoms with Gasteiger partial charge in [-0.1, -0.05) is 42.8 Å². The summed E-state index contributed by atoms with van der Waals surface area (Å²) < 4.78 is 2.12. The number of nitrogens with zero attached hydrogens (tertiary/aromatic N) is 3. The molecule has 0 aliphatic carbocycles. The van der Waals surface area contributed by atoms with Crippen LogP contribution < -0.4 is 0 Å². The van der Waals surface area contributed by atoms with Gasteiger partial charge in [0.2, 0.25) is 0 Å². The Morgan fingerprint density at radius 2 is 2.33 bits per heavy atom. The van der Waals surface area contributed by atoms with Crippen molar-refractivity contribution in [1.82, 2.24) is 14.5 Å². The fourth-order valence-corrected chi connectivity index (χ4v) is 2.17. The highest BCUT2D eigenvalue weighted by atomic mass is 35.5. The molecule has 0 N–H and O–H groups in total. The van der Waals surface area contributed by atoms with Crippen LogP contribution in [0.1, 0.15) is 26.3 Å². The van der Waals surface area contributed by atoms with Gasteiger partial charge in [0.05, 0.1) is 11.4 Å². The molecular formula is C14H16ClN3. The SMILES string of the molecule is C=C/C(C)=C/C(CC)n1ccc2c(Cl)ncnc21. The molecule has 4 heteroatoms. The van der Waals surface area contributed by atoms with Crippen molar-refractivity contribution in [1.29, 1.82) is 0 Å². The minimum absolute atomic E-state index is 0.256. The van der Waals surface area contributed by atoms with Gasteiger partial charge in [-0.05, 0) is 19.4 Å². The van der Waals surface area contributed by atoms with Crippen LogP contribution in [0.25, 0.3) is 11.0 Å². The molecule has 1 unspecified atom stereocenters. The summed E-state index contributed by atoms with van der Waals surface area (Å²) in [5.74, 6) is 0. The molecule has 2 aromatic rings. The van der Waals surface area contributed by atoms with Gasteiger partial charge in [-0.2, -0.15) is 0 Å². The Kier molecular flexibility index (Phi) is 3.82. The Labute approximate surface area is 112 Å². The zero-order chi connectivity index (χ0) is 13.1. The van der Waals surface area contributed by atoms with E-state index in [1.807, 2.05) is 25.3 Å². The van der Waals surface area contributed by atoms with Crippen molar-refractivity contribution in [3.8, 4) is 0 Å². The normalized spacial score (nSPS) is 13.8. The topological polar surface area (TPSA) is 30.7 Å². The van der Waals surface area contributed by atoms with E-state index in [0.29, 0.717) is 5.15 Å². The van der Waals surface area contributed by atoms with Crippen LogP contribution in [0.2, 0.25) is 5.15 Å². The summed E-state index contributed by atoms with van der Waals surface area (Å²) in [5.41, 5.74) is 2.03. The molecule has 2 heterocycles. The van der Waals surface area contributed by atoms with Crippen molar-refractivity contribution >= 4 is 22.6 Å². The highest BCUT2D eigenvalue weighted by Gasteiger charge is 2.12. The summed E-state index contributed by atoms with van der Waals surface area (Å²) in [5, 5.41) is 1.39. The van der Waals surface area contributed by atoms with Gasteiger partial charge < -0.3 is 4.57 Å². The maximum absolute atomic E-state index is 6.06. The largest absolute Gasteiger partial charge is 0.325 e. The van der Waals surface area contributed by atoms with Crippen LogP contribution in [-0.2, 0) is 0 Å². The zero-order valence-corrected chi connectivity index (χ0v) is 11.4. The minimum atomic E-state index is 0.256. The van der Waals surface area contributed by atoms with Crippen LogP contribution >= 0.6 is 11.6 Å². The lowest BCUT2D eigenvalue weighted by molar-refractivity contribution is 0.598. The van der Waals surface area contributed by atoms with Crippen molar-refractivity contribution in [2.75, 3.05) is 0 Å². The van der Waals surface area contributed by atoms with Crippen molar-refractivity contribution in [3.63, 3.8) is 0 Å². The second-order valence-corrected chi connectivity index (χ2v) is 4.57.